The minimum Gasteiger partial charge on any atom is -0.478 e. The van der Waals surface area contributed by atoms with E-state index in [4.69, 9.17) is 9.84 Å². The van der Waals surface area contributed by atoms with Crippen LogP contribution in [0.2, 0.25) is 0 Å². The van der Waals surface area contributed by atoms with Gasteiger partial charge in [0.05, 0.1) is 22.6 Å². The van der Waals surface area contributed by atoms with Crippen LogP contribution in [-0.4, -0.2) is 33.9 Å². The third-order valence-electron chi connectivity index (χ3n) is 4.60. The fraction of sp³-hybridized carbons (Fsp3) is 0.100. The fourth-order valence-corrected chi connectivity index (χ4v) is 3.26. The predicted octanol–water partition coefficient (Wildman–Crippen LogP) is 2.15. The number of aromatic carboxylic acids is 1. The first-order valence-electron chi connectivity index (χ1n) is 8.41. The molecule has 0 saturated heterocycles. The number of nitrogens with zero attached hydrogens (tertiary/aromatic N) is 1. The maximum Gasteiger partial charge on any atom is 0.335 e. The molecule has 1 heterocycles. The van der Waals surface area contributed by atoms with Gasteiger partial charge in [-0.3, -0.25) is 14.9 Å². The van der Waals surface area contributed by atoms with Gasteiger partial charge in [0.25, 0.3) is 5.70 Å². The molecule has 2 N–H and O–H groups in total. The van der Waals surface area contributed by atoms with Gasteiger partial charge in [-0.05, 0) is 35.9 Å². The summed E-state index contributed by atoms with van der Waals surface area (Å²) in [6.45, 7) is 0. The van der Waals surface area contributed by atoms with Crippen molar-refractivity contribution in [2.75, 3.05) is 0 Å². The highest BCUT2D eigenvalue weighted by atomic mass is 16.6. The van der Waals surface area contributed by atoms with Crippen LogP contribution < -0.4 is 10.1 Å². The van der Waals surface area contributed by atoms with Crippen LogP contribution in [-0.2, 0) is 4.79 Å². The van der Waals surface area contributed by atoms with E-state index in [0.717, 1.165) is 11.6 Å². The molecule has 140 valence electrons. The van der Waals surface area contributed by atoms with Crippen molar-refractivity contribution in [3.8, 4) is 5.75 Å². The van der Waals surface area contributed by atoms with Gasteiger partial charge >= 0.3 is 5.97 Å². The summed E-state index contributed by atoms with van der Waals surface area (Å²) >= 11 is 0. The molecule has 2 aliphatic carbocycles. The van der Waals surface area contributed by atoms with Crippen molar-refractivity contribution in [1.82, 2.24) is 5.32 Å². The Morgan fingerprint density at radius 2 is 1.93 bits per heavy atom. The third-order valence-corrected chi connectivity index (χ3v) is 4.60. The zero-order chi connectivity index (χ0) is 19.8. The minimum atomic E-state index is -1.08. The first kappa shape index (κ1) is 17.5. The molecule has 0 spiro atoms. The van der Waals surface area contributed by atoms with Gasteiger partial charge in [0, 0.05) is 5.57 Å². The van der Waals surface area contributed by atoms with E-state index >= 15 is 0 Å². The SMILES string of the molecule is O=C(O)c1ccc(OC2C(=O)C=C([N+](=O)[O-])C3=C2C=C2C=CC=CC2N3)cc1. The Morgan fingerprint density at radius 1 is 1.18 bits per heavy atom. The number of rotatable bonds is 4. The molecule has 1 aromatic rings. The van der Waals surface area contributed by atoms with E-state index < -0.39 is 22.8 Å². The molecule has 3 aliphatic rings. The van der Waals surface area contributed by atoms with Crippen LogP contribution in [0.25, 0.3) is 0 Å². The van der Waals surface area contributed by atoms with Crippen LogP contribution in [0.4, 0.5) is 0 Å². The van der Waals surface area contributed by atoms with Gasteiger partial charge in [0.15, 0.2) is 6.10 Å². The average molecular weight is 378 g/mol. The molecular formula is C20H14N2O6. The maximum absolute atomic E-state index is 12.6. The molecule has 1 aliphatic heterocycles. The number of ether oxygens (including phenoxy) is 1. The lowest BCUT2D eigenvalue weighted by atomic mass is 9.87. The number of fused-ring (bicyclic) bond motifs is 1. The third kappa shape index (κ3) is 3.01. The maximum atomic E-state index is 12.6. The van der Waals surface area contributed by atoms with Gasteiger partial charge in [-0.25, -0.2) is 4.79 Å². The van der Waals surface area contributed by atoms with Crippen LogP contribution >= 0.6 is 0 Å². The van der Waals surface area contributed by atoms with Gasteiger partial charge in [0.1, 0.15) is 11.4 Å². The van der Waals surface area contributed by atoms with Crippen molar-refractivity contribution in [3.63, 3.8) is 0 Å². The van der Waals surface area contributed by atoms with Crippen molar-refractivity contribution in [3.05, 3.63) is 98.9 Å². The summed E-state index contributed by atoms with van der Waals surface area (Å²) in [5, 5.41) is 23.5. The summed E-state index contributed by atoms with van der Waals surface area (Å²) < 4.78 is 5.79. The van der Waals surface area contributed by atoms with E-state index in [-0.39, 0.29) is 28.7 Å². The number of carboxylic acids is 1. The summed E-state index contributed by atoms with van der Waals surface area (Å²) in [7, 11) is 0. The van der Waals surface area contributed by atoms with Crippen LogP contribution in [0, 0.1) is 10.1 Å². The molecule has 0 radical (unpaired) electrons. The van der Waals surface area contributed by atoms with Crippen LogP contribution in [0.15, 0.2) is 83.3 Å². The van der Waals surface area contributed by atoms with Crippen LogP contribution in [0.5, 0.6) is 5.75 Å². The standard InChI is InChI=1S/C20H14N2O6/c23-17-10-16(22(26)27)18-14(9-12-3-1-2-4-15(12)21-18)19(17)28-13-7-5-11(6-8-13)20(24)25/h1-10,15,19,21H,(H,24,25). The Hall–Kier alpha value is -3.94. The van der Waals surface area contributed by atoms with Crippen molar-refractivity contribution >= 4 is 11.8 Å². The Kier molecular flexibility index (Phi) is 4.15. The Bertz CT molecular complexity index is 1040. The quantitative estimate of drug-likeness (QED) is 0.609. The molecular weight excluding hydrogens is 364 g/mol. The predicted molar refractivity (Wildman–Crippen MR) is 98.2 cm³/mol. The molecule has 1 aromatic carbocycles. The summed E-state index contributed by atoms with van der Waals surface area (Å²) in [5.41, 5.74) is 1.24. The number of ketones is 1. The number of dihydropyridines is 1. The zero-order valence-corrected chi connectivity index (χ0v) is 14.4. The molecule has 8 heteroatoms. The second-order valence-electron chi connectivity index (χ2n) is 6.36. The number of nitrogens with one attached hydrogen (secondary N) is 1. The van der Waals surface area contributed by atoms with Crippen LogP contribution in [0.1, 0.15) is 10.4 Å². The molecule has 2 unspecified atom stereocenters. The molecule has 0 saturated carbocycles. The lowest BCUT2D eigenvalue weighted by Gasteiger charge is -2.31. The smallest absolute Gasteiger partial charge is 0.335 e. The van der Waals surface area contributed by atoms with Crippen LogP contribution in [0.3, 0.4) is 0 Å². The largest absolute Gasteiger partial charge is 0.478 e. The lowest BCUT2D eigenvalue weighted by molar-refractivity contribution is -0.421. The first-order chi connectivity index (χ1) is 13.4. The number of carbonyl (C=O) groups is 2. The number of allylic oxidation sites excluding steroid dienone is 2. The van der Waals surface area contributed by atoms with E-state index in [1.165, 1.54) is 24.3 Å². The van der Waals surface area contributed by atoms with Gasteiger partial charge in [-0.2, -0.15) is 0 Å². The highest BCUT2D eigenvalue weighted by Gasteiger charge is 2.40. The first-order valence-corrected chi connectivity index (χ1v) is 8.41. The number of benzene rings is 1. The van der Waals surface area contributed by atoms with Crippen molar-refractivity contribution in [2.45, 2.75) is 12.1 Å². The van der Waals surface area contributed by atoms with E-state index in [0.29, 0.717) is 5.57 Å². The lowest BCUT2D eigenvalue weighted by Crippen LogP contribution is -2.42. The van der Waals surface area contributed by atoms with Gasteiger partial charge in [-0.1, -0.05) is 24.3 Å². The molecule has 2 atom stereocenters. The molecule has 28 heavy (non-hydrogen) atoms. The highest BCUT2D eigenvalue weighted by Crippen LogP contribution is 2.33. The monoisotopic (exact) mass is 378 g/mol. The van der Waals surface area contributed by atoms with Gasteiger partial charge < -0.3 is 15.2 Å². The Morgan fingerprint density at radius 3 is 2.61 bits per heavy atom. The normalized spacial score (nSPS) is 22.5. The summed E-state index contributed by atoms with van der Waals surface area (Å²) in [6.07, 6.45) is 9.01. The number of hydrogen-bond acceptors (Lipinski definition) is 6. The number of nitro groups is 1. The van der Waals surface area contributed by atoms with E-state index in [9.17, 15) is 19.7 Å². The average Bonchev–Trinajstić information content (AvgIpc) is 2.68. The summed E-state index contributed by atoms with van der Waals surface area (Å²) in [6, 6.07) is 5.38. The Balaban J connectivity index is 1.72. The molecule has 0 amide bonds. The highest BCUT2D eigenvalue weighted by molar-refractivity contribution is 5.99. The number of hydrogen-bond donors (Lipinski definition) is 2. The minimum absolute atomic E-state index is 0.0844. The second kappa shape index (κ2) is 6.66. The molecule has 0 aromatic heterocycles. The van der Waals surface area contributed by atoms with E-state index in [2.05, 4.69) is 5.32 Å². The number of carbonyl (C=O) groups excluding carboxylic acids is 1. The summed E-state index contributed by atoms with van der Waals surface area (Å²) in [5.74, 6) is -1.35. The molecule has 4 rings (SSSR count). The fourth-order valence-electron chi connectivity index (χ4n) is 3.26. The summed E-state index contributed by atoms with van der Waals surface area (Å²) in [4.78, 5) is 34.4. The zero-order valence-electron chi connectivity index (χ0n) is 14.4. The van der Waals surface area contributed by atoms with Gasteiger partial charge in [0.2, 0.25) is 5.78 Å². The van der Waals surface area contributed by atoms with Gasteiger partial charge in [-0.15, -0.1) is 0 Å². The van der Waals surface area contributed by atoms with E-state index in [1.54, 1.807) is 6.08 Å². The van der Waals surface area contributed by atoms with Crippen molar-refractivity contribution in [2.24, 2.45) is 0 Å². The molecule has 8 nitrogen and oxygen atoms in total. The van der Waals surface area contributed by atoms with Crippen molar-refractivity contribution < 1.29 is 24.4 Å². The van der Waals surface area contributed by atoms with E-state index in [1.807, 2.05) is 24.3 Å². The van der Waals surface area contributed by atoms with Crippen molar-refractivity contribution in [1.29, 1.82) is 0 Å². The number of carboxylic acid groups (broad SMARTS) is 1. The second-order valence-corrected chi connectivity index (χ2v) is 6.36. The molecule has 0 fully saturated rings. The topological polar surface area (TPSA) is 119 Å². The Labute approximate surface area is 159 Å². The molecule has 0 bridgehead atoms.